The molecule has 0 aromatic carbocycles. The first-order valence-electron chi connectivity index (χ1n) is 3.78. The normalized spacial score (nSPS) is 10.9. The molecule has 0 fully saturated rings. The van der Waals surface area contributed by atoms with E-state index in [2.05, 4.69) is 15.1 Å². The van der Waals surface area contributed by atoms with Gasteiger partial charge in [0.1, 0.15) is 16.9 Å². The second-order valence-electron chi connectivity index (χ2n) is 2.83. The van der Waals surface area contributed by atoms with Crippen LogP contribution in [0.25, 0.3) is 11.0 Å². The van der Waals surface area contributed by atoms with Crippen LogP contribution in [0.1, 0.15) is 11.5 Å². The molecule has 3 N–H and O–H groups in total. The zero-order valence-corrected chi connectivity index (χ0v) is 7.31. The molecule has 6 nitrogen and oxygen atoms in total. The number of nitrogens with two attached hydrogens (primary N) is 1. The number of nitrogens with zero attached hydrogens (tertiary/aromatic N) is 4. The number of anilines is 1. The quantitative estimate of drug-likeness (QED) is 0.566. The van der Waals surface area contributed by atoms with E-state index in [1.165, 1.54) is 0 Å². The van der Waals surface area contributed by atoms with Crippen molar-refractivity contribution in [3.63, 3.8) is 0 Å². The number of hydrogen-bond donors (Lipinski definition) is 2. The van der Waals surface area contributed by atoms with E-state index < -0.39 is 0 Å². The molecule has 68 valence electrons. The zero-order valence-electron chi connectivity index (χ0n) is 7.31. The van der Waals surface area contributed by atoms with Gasteiger partial charge in [-0.3, -0.25) is 0 Å². The molecule has 0 aliphatic carbocycles. The summed E-state index contributed by atoms with van der Waals surface area (Å²) in [6.45, 7) is 3.56. The molecule has 6 heteroatoms. The van der Waals surface area contributed by atoms with Crippen molar-refractivity contribution >= 4 is 16.9 Å². The largest absolute Gasteiger partial charge is 0.410 e. The number of hydrogen-bond acceptors (Lipinski definition) is 5. The highest BCUT2D eigenvalue weighted by atomic mass is 16.5. The first-order valence-corrected chi connectivity index (χ1v) is 3.78. The number of rotatable bonds is 0. The predicted molar refractivity (Wildman–Crippen MR) is 46.4 cm³/mol. The SMILES string of the molecule is Cc1nc(C)c2nn(O)c(N)c2n1. The van der Waals surface area contributed by atoms with Gasteiger partial charge in [0.05, 0.1) is 5.69 Å². The van der Waals surface area contributed by atoms with Gasteiger partial charge in [-0.2, -0.15) is 0 Å². The summed E-state index contributed by atoms with van der Waals surface area (Å²) in [6.07, 6.45) is 0. The standard InChI is InChI=1S/C7H9N5O/c1-3-5-6(10-4(2)9-3)7(8)12(13)11-5/h13H,8H2,1-2H3. The van der Waals surface area contributed by atoms with Gasteiger partial charge in [-0.15, -0.1) is 5.10 Å². The maximum atomic E-state index is 9.17. The highest BCUT2D eigenvalue weighted by molar-refractivity contribution is 5.86. The van der Waals surface area contributed by atoms with E-state index in [0.717, 1.165) is 0 Å². The van der Waals surface area contributed by atoms with Crippen LogP contribution in [-0.2, 0) is 0 Å². The summed E-state index contributed by atoms with van der Waals surface area (Å²) < 4.78 is 0. The zero-order chi connectivity index (χ0) is 9.59. The summed E-state index contributed by atoms with van der Waals surface area (Å²) in [5.74, 6) is 0.758. The van der Waals surface area contributed by atoms with Gasteiger partial charge in [0.15, 0.2) is 5.82 Å². The third-order valence-electron chi connectivity index (χ3n) is 1.82. The van der Waals surface area contributed by atoms with Gasteiger partial charge in [0.25, 0.3) is 0 Å². The molecule has 2 aromatic rings. The molecule has 2 aromatic heterocycles. The van der Waals surface area contributed by atoms with Crippen LogP contribution >= 0.6 is 0 Å². The van der Waals surface area contributed by atoms with E-state index in [9.17, 15) is 5.21 Å². The van der Waals surface area contributed by atoms with Crippen LogP contribution in [-0.4, -0.2) is 25.1 Å². The Morgan fingerprint density at radius 1 is 1.23 bits per heavy atom. The Morgan fingerprint density at radius 2 is 1.92 bits per heavy atom. The van der Waals surface area contributed by atoms with Crippen molar-refractivity contribution in [1.82, 2.24) is 19.9 Å². The van der Waals surface area contributed by atoms with Crippen molar-refractivity contribution in [2.24, 2.45) is 0 Å². The molecule has 2 heterocycles. The lowest BCUT2D eigenvalue weighted by molar-refractivity contribution is 0.157. The third kappa shape index (κ3) is 0.986. The topological polar surface area (TPSA) is 89.8 Å². The Hall–Kier alpha value is -1.85. The fourth-order valence-corrected chi connectivity index (χ4v) is 1.25. The maximum absolute atomic E-state index is 9.17. The Bertz CT molecular complexity index is 475. The fourth-order valence-electron chi connectivity index (χ4n) is 1.25. The Labute approximate surface area is 74.0 Å². The van der Waals surface area contributed by atoms with Gasteiger partial charge in [0.2, 0.25) is 0 Å². The van der Waals surface area contributed by atoms with Crippen molar-refractivity contribution in [1.29, 1.82) is 0 Å². The minimum atomic E-state index is 0.142. The Balaban J connectivity index is 2.94. The summed E-state index contributed by atoms with van der Waals surface area (Å²) in [4.78, 5) is 8.80. The summed E-state index contributed by atoms with van der Waals surface area (Å²) in [7, 11) is 0. The minimum Gasteiger partial charge on any atom is -0.410 e. The van der Waals surface area contributed by atoms with Crippen LogP contribution in [0.4, 0.5) is 5.82 Å². The molecule has 0 unspecified atom stereocenters. The Morgan fingerprint density at radius 3 is 2.62 bits per heavy atom. The van der Waals surface area contributed by atoms with Gasteiger partial charge in [-0.25, -0.2) is 9.97 Å². The molecule has 0 atom stereocenters. The molecule has 0 bridgehead atoms. The van der Waals surface area contributed by atoms with E-state index in [4.69, 9.17) is 5.73 Å². The van der Waals surface area contributed by atoms with Crippen LogP contribution in [0.5, 0.6) is 0 Å². The second kappa shape index (κ2) is 2.32. The number of aryl methyl sites for hydroxylation is 2. The van der Waals surface area contributed by atoms with Gasteiger partial charge in [-0.1, -0.05) is 4.85 Å². The molecule has 13 heavy (non-hydrogen) atoms. The lowest BCUT2D eigenvalue weighted by Gasteiger charge is -1.94. The van der Waals surface area contributed by atoms with E-state index in [0.29, 0.717) is 27.4 Å². The van der Waals surface area contributed by atoms with Crippen LogP contribution in [0.2, 0.25) is 0 Å². The second-order valence-corrected chi connectivity index (χ2v) is 2.83. The molecule has 0 saturated carbocycles. The molecule has 0 aliphatic heterocycles. The highest BCUT2D eigenvalue weighted by Crippen LogP contribution is 2.18. The van der Waals surface area contributed by atoms with Crippen molar-refractivity contribution < 1.29 is 5.21 Å². The van der Waals surface area contributed by atoms with Crippen LogP contribution in [0.15, 0.2) is 0 Å². The molecule has 0 aliphatic rings. The summed E-state index contributed by atoms with van der Waals surface area (Å²) in [5, 5.41) is 12.9. The summed E-state index contributed by atoms with van der Waals surface area (Å²) in [5.41, 5.74) is 7.27. The highest BCUT2D eigenvalue weighted by Gasteiger charge is 2.12. The van der Waals surface area contributed by atoms with Crippen LogP contribution in [0, 0.1) is 13.8 Å². The number of aromatic nitrogens is 4. The average molecular weight is 179 g/mol. The average Bonchev–Trinajstić information content (AvgIpc) is 2.32. The minimum absolute atomic E-state index is 0.142. The van der Waals surface area contributed by atoms with Crippen molar-refractivity contribution in [2.75, 3.05) is 5.73 Å². The monoisotopic (exact) mass is 179 g/mol. The Kier molecular flexibility index (Phi) is 1.39. The molecule has 0 amide bonds. The van der Waals surface area contributed by atoms with Crippen molar-refractivity contribution in [2.45, 2.75) is 13.8 Å². The van der Waals surface area contributed by atoms with Gasteiger partial charge >= 0.3 is 0 Å². The van der Waals surface area contributed by atoms with Crippen LogP contribution in [0.3, 0.4) is 0 Å². The maximum Gasteiger partial charge on any atom is 0.189 e. The lowest BCUT2D eigenvalue weighted by atomic mass is 10.3. The van der Waals surface area contributed by atoms with Gasteiger partial charge < -0.3 is 10.9 Å². The fraction of sp³-hybridized carbons (Fsp3) is 0.286. The molecule has 0 saturated heterocycles. The van der Waals surface area contributed by atoms with E-state index in [1.54, 1.807) is 13.8 Å². The molecular weight excluding hydrogens is 170 g/mol. The smallest absolute Gasteiger partial charge is 0.189 e. The van der Waals surface area contributed by atoms with Crippen molar-refractivity contribution in [3.05, 3.63) is 11.5 Å². The lowest BCUT2D eigenvalue weighted by Crippen LogP contribution is -1.98. The molecule has 0 radical (unpaired) electrons. The number of fused-ring (bicyclic) bond motifs is 1. The predicted octanol–water partition coefficient (Wildman–Crippen LogP) is 0.263. The van der Waals surface area contributed by atoms with Crippen molar-refractivity contribution in [3.8, 4) is 0 Å². The molecular formula is C7H9N5O. The van der Waals surface area contributed by atoms with Gasteiger partial charge in [-0.05, 0) is 13.8 Å². The third-order valence-corrected chi connectivity index (χ3v) is 1.82. The first kappa shape index (κ1) is 7.78. The van der Waals surface area contributed by atoms with E-state index in [-0.39, 0.29) is 5.82 Å². The first-order chi connectivity index (χ1) is 6.09. The summed E-state index contributed by atoms with van der Waals surface area (Å²) in [6, 6.07) is 0. The van der Waals surface area contributed by atoms with E-state index in [1.807, 2.05) is 0 Å². The van der Waals surface area contributed by atoms with Gasteiger partial charge in [0, 0.05) is 0 Å². The number of nitrogen functional groups attached to an aromatic ring is 1. The van der Waals surface area contributed by atoms with E-state index >= 15 is 0 Å². The molecule has 0 spiro atoms. The van der Waals surface area contributed by atoms with Crippen LogP contribution < -0.4 is 5.73 Å². The molecule has 2 rings (SSSR count). The summed E-state index contributed by atoms with van der Waals surface area (Å²) >= 11 is 0.